The highest BCUT2D eigenvalue weighted by Gasteiger charge is 2.78. The minimum Gasteiger partial charge on any atom is -0.298 e. The van der Waals surface area contributed by atoms with E-state index in [2.05, 4.69) is 13.8 Å². The summed E-state index contributed by atoms with van der Waals surface area (Å²) in [6.45, 7) is 4.58. The average Bonchev–Trinajstić information content (AvgIpc) is 2.74. The third-order valence-electron chi connectivity index (χ3n) is 9.75. The Morgan fingerprint density at radius 2 is 1.25 bits per heavy atom. The van der Waals surface area contributed by atoms with Gasteiger partial charge in [0.25, 0.3) is 0 Å². The van der Waals surface area contributed by atoms with Crippen LogP contribution in [-0.2, 0) is 4.79 Å². The largest absolute Gasteiger partial charge is 0.298 e. The van der Waals surface area contributed by atoms with Crippen LogP contribution in [-0.4, -0.2) is 10.1 Å². The van der Waals surface area contributed by atoms with Crippen LogP contribution in [0.5, 0.6) is 0 Å². The molecule has 0 heterocycles. The van der Waals surface area contributed by atoms with Gasteiger partial charge in [-0.1, -0.05) is 69.2 Å². The molecule has 0 bridgehead atoms. The second-order valence-electron chi connectivity index (χ2n) is 10.8. The zero-order valence-electron chi connectivity index (χ0n) is 18.1. The van der Waals surface area contributed by atoms with Crippen molar-refractivity contribution in [3.63, 3.8) is 0 Å². The van der Waals surface area contributed by atoms with E-state index in [4.69, 9.17) is 23.2 Å². The molecule has 3 heteroatoms. The van der Waals surface area contributed by atoms with Crippen molar-refractivity contribution in [2.75, 3.05) is 0 Å². The van der Waals surface area contributed by atoms with Gasteiger partial charge in [0, 0.05) is 0 Å². The van der Waals surface area contributed by atoms with Gasteiger partial charge in [0.05, 0.1) is 10.8 Å². The first kappa shape index (κ1) is 21.5. The number of carbonyl (C=O) groups is 1. The molecule has 4 aliphatic rings. The Hall–Kier alpha value is 0.250. The summed E-state index contributed by atoms with van der Waals surface area (Å²) in [6, 6.07) is 0. The second kappa shape index (κ2) is 8.07. The number of rotatable bonds is 4. The summed E-state index contributed by atoms with van der Waals surface area (Å²) in [6.07, 6.45) is 18.0. The van der Waals surface area contributed by atoms with Crippen LogP contribution < -0.4 is 0 Å². The number of alkyl halides is 2. The lowest BCUT2D eigenvalue weighted by atomic mass is 9.42. The molecule has 0 atom stereocenters. The monoisotopic (exact) mass is 426 g/mol. The average molecular weight is 428 g/mol. The first-order valence-electron chi connectivity index (χ1n) is 12.3. The highest BCUT2D eigenvalue weighted by atomic mass is 35.5. The van der Waals surface area contributed by atoms with Gasteiger partial charge < -0.3 is 0 Å². The van der Waals surface area contributed by atoms with E-state index < -0.39 is 15.2 Å². The molecule has 0 radical (unpaired) electrons. The Morgan fingerprint density at radius 1 is 0.750 bits per heavy atom. The Balaban J connectivity index is 1.36. The molecule has 0 aliphatic heterocycles. The maximum atomic E-state index is 13.6. The molecule has 160 valence electrons. The summed E-state index contributed by atoms with van der Waals surface area (Å²) < 4.78 is -0.820. The van der Waals surface area contributed by atoms with Crippen molar-refractivity contribution in [1.29, 1.82) is 0 Å². The van der Waals surface area contributed by atoms with E-state index in [0.717, 1.165) is 62.2 Å². The van der Waals surface area contributed by atoms with Crippen molar-refractivity contribution in [1.82, 2.24) is 0 Å². The Labute approximate surface area is 182 Å². The minimum atomic E-state index is -0.820. The summed E-state index contributed by atoms with van der Waals surface area (Å²) in [7, 11) is 0. The summed E-state index contributed by atoms with van der Waals surface area (Å²) in [5, 5.41) is 0. The molecule has 0 aromatic carbocycles. The highest BCUT2D eigenvalue weighted by Crippen LogP contribution is 2.74. The number of halogens is 2. The van der Waals surface area contributed by atoms with Crippen LogP contribution in [0.15, 0.2) is 0 Å². The molecule has 1 nitrogen and oxygen atoms in total. The zero-order valence-corrected chi connectivity index (χ0v) is 19.6. The van der Waals surface area contributed by atoms with Crippen LogP contribution in [0.4, 0.5) is 0 Å². The topological polar surface area (TPSA) is 17.1 Å². The summed E-state index contributed by atoms with van der Waals surface area (Å²) in [5.41, 5.74) is -0.849. The predicted octanol–water partition coefficient (Wildman–Crippen LogP) is 8.11. The van der Waals surface area contributed by atoms with Crippen LogP contribution in [0.25, 0.3) is 0 Å². The molecular weight excluding hydrogens is 387 g/mol. The van der Waals surface area contributed by atoms with Gasteiger partial charge in [0.2, 0.25) is 0 Å². The van der Waals surface area contributed by atoms with E-state index in [1.54, 1.807) is 0 Å². The fraction of sp³-hybridized carbons (Fsp3) is 0.960. The Bertz CT molecular complexity index is 559. The van der Waals surface area contributed by atoms with Crippen molar-refractivity contribution in [2.24, 2.45) is 34.5 Å². The van der Waals surface area contributed by atoms with Crippen molar-refractivity contribution >= 4 is 29.0 Å². The highest BCUT2D eigenvalue weighted by molar-refractivity contribution is 6.55. The summed E-state index contributed by atoms with van der Waals surface area (Å²) in [5.74, 6) is 3.87. The SMILES string of the molecule is CCCC1CCC([C@H]2CC[C@@]3(CC2)C(=O)[C@]2(CCC(CC)CC2)C3(Cl)Cl)CC1. The molecule has 0 saturated heterocycles. The maximum Gasteiger partial charge on any atom is 0.151 e. The minimum absolute atomic E-state index is 0.424. The fourth-order valence-corrected chi connectivity index (χ4v) is 8.86. The van der Waals surface area contributed by atoms with Gasteiger partial charge in [-0.25, -0.2) is 0 Å². The Morgan fingerprint density at radius 3 is 1.71 bits per heavy atom. The molecule has 0 aromatic rings. The smallest absolute Gasteiger partial charge is 0.151 e. The standard InChI is InChI=1S/C25H40Cl2O/c1-3-5-19-6-8-20(9-7-19)21-12-16-24(17-13-21)22(28)23(25(24,26)27)14-10-18(4-2)11-15-23/h18-21H,3-17H2,1-2H3/t18?,19?,20?,21-,23-,24+. The lowest BCUT2D eigenvalue weighted by molar-refractivity contribution is -0.172. The van der Waals surface area contributed by atoms with Gasteiger partial charge in [0.1, 0.15) is 4.33 Å². The first-order chi connectivity index (χ1) is 13.4. The summed E-state index contributed by atoms with van der Waals surface area (Å²) >= 11 is 14.2. The van der Waals surface area contributed by atoms with Gasteiger partial charge >= 0.3 is 0 Å². The molecule has 0 unspecified atom stereocenters. The van der Waals surface area contributed by atoms with Gasteiger partial charge in [-0.2, -0.15) is 0 Å². The molecule has 2 spiro atoms. The summed E-state index contributed by atoms with van der Waals surface area (Å²) in [4.78, 5) is 13.6. The normalized spacial score (nSPS) is 45.9. The van der Waals surface area contributed by atoms with Crippen LogP contribution >= 0.6 is 23.2 Å². The van der Waals surface area contributed by atoms with E-state index in [1.807, 2.05) is 0 Å². The number of Topliss-reactive ketones (excluding diaryl/α,β-unsaturated/α-hetero) is 1. The van der Waals surface area contributed by atoms with Crippen LogP contribution in [0.1, 0.15) is 110 Å². The second-order valence-corrected chi connectivity index (χ2v) is 12.2. The van der Waals surface area contributed by atoms with Crippen LogP contribution in [0.3, 0.4) is 0 Å². The van der Waals surface area contributed by atoms with Crippen molar-refractivity contribution in [3.05, 3.63) is 0 Å². The molecule has 4 aliphatic carbocycles. The lowest BCUT2D eigenvalue weighted by Crippen LogP contribution is -2.74. The van der Waals surface area contributed by atoms with Crippen molar-refractivity contribution < 1.29 is 4.79 Å². The number of hydrogen-bond acceptors (Lipinski definition) is 1. The third-order valence-corrected chi connectivity index (χ3v) is 11.2. The van der Waals surface area contributed by atoms with Crippen molar-refractivity contribution in [3.8, 4) is 0 Å². The molecule has 0 amide bonds. The van der Waals surface area contributed by atoms with E-state index >= 15 is 0 Å². The molecule has 0 aromatic heterocycles. The maximum absolute atomic E-state index is 13.6. The molecule has 4 rings (SSSR count). The van der Waals surface area contributed by atoms with Crippen LogP contribution in [0.2, 0.25) is 0 Å². The molecule has 4 fully saturated rings. The van der Waals surface area contributed by atoms with Gasteiger partial charge in [0.15, 0.2) is 5.78 Å². The van der Waals surface area contributed by atoms with E-state index in [1.165, 1.54) is 57.8 Å². The van der Waals surface area contributed by atoms with Gasteiger partial charge in [-0.05, 0) is 87.9 Å². The zero-order chi connectivity index (χ0) is 20.0. The first-order valence-corrected chi connectivity index (χ1v) is 13.1. The van der Waals surface area contributed by atoms with E-state index in [-0.39, 0.29) is 0 Å². The number of carbonyl (C=O) groups excluding carboxylic acids is 1. The molecule has 0 N–H and O–H groups in total. The van der Waals surface area contributed by atoms with Gasteiger partial charge in [-0.15, -0.1) is 0 Å². The number of hydrogen-bond donors (Lipinski definition) is 0. The predicted molar refractivity (Wildman–Crippen MR) is 119 cm³/mol. The third kappa shape index (κ3) is 3.12. The molecule has 28 heavy (non-hydrogen) atoms. The fourth-order valence-electron chi connectivity index (χ4n) is 7.76. The molecule has 4 saturated carbocycles. The number of ketones is 1. The van der Waals surface area contributed by atoms with Gasteiger partial charge in [-0.3, -0.25) is 4.79 Å². The van der Waals surface area contributed by atoms with Crippen molar-refractivity contribution in [2.45, 2.75) is 114 Å². The van der Waals surface area contributed by atoms with E-state index in [0.29, 0.717) is 5.78 Å². The van der Waals surface area contributed by atoms with Crippen LogP contribution in [0, 0.1) is 34.5 Å². The molecular formula is C25H40Cl2O. The quantitative estimate of drug-likeness (QED) is 0.414. The Kier molecular flexibility index (Phi) is 6.19. The van der Waals surface area contributed by atoms with E-state index in [9.17, 15) is 4.79 Å². The lowest BCUT2D eigenvalue weighted by Gasteiger charge is -2.67.